The number of esters is 2. The first-order chi connectivity index (χ1) is 13.2. The largest absolute Gasteiger partial charge is 0.464 e. The normalized spacial score (nSPS) is 12.5. The summed E-state index contributed by atoms with van der Waals surface area (Å²) in [4.78, 5) is 24.2. The van der Waals surface area contributed by atoms with Crippen LogP contribution < -0.4 is 5.32 Å². The van der Waals surface area contributed by atoms with Gasteiger partial charge in [-0.05, 0) is 57.7 Å². The summed E-state index contributed by atoms with van der Waals surface area (Å²) in [6, 6.07) is 7.12. The molecule has 0 radical (unpaired) electrons. The van der Waals surface area contributed by atoms with Gasteiger partial charge in [-0.25, -0.2) is 0 Å². The topological polar surface area (TPSA) is 84.9 Å². The van der Waals surface area contributed by atoms with E-state index in [-0.39, 0.29) is 19.8 Å². The Morgan fingerprint density at radius 3 is 2.43 bits per heavy atom. The average Bonchev–Trinajstić information content (AvgIpc) is 2.61. The molecule has 0 aromatic heterocycles. The molecule has 0 aliphatic rings. The van der Waals surface area contributed by atoms with E-state index < -0.39 is 23.6 Å². The summed E-state index contributed by atoms with van der Waals surface area (Å²) in [5.74, 6) is -0.828. The van der Waals surface area contributed by atoms with E-state index in [4.69, 9.17) is 26.2 Å². The third kappa shape index (κ3) is 11.3. The van der Waals surface area contributed by atoms with Crippen molar-refractivity contribution in [2.45, 2.75) is 64.5 Å². The summed E-state index contributed by atoms with van der Waals surface area (Å²) in [5, 5.41) is 12.5. The van der Waals surface area contributed by atoms with Crippen LogP contribution in [-0.4, -0.2) is 48.4 Å². The average molecular weight is 414 g/mol. The first-order valence-corrected chi connectivity index (χ1v) is 10.1. The fourth-order valence-electron chi connectivity index (χ4n) is 2.55. The van der Waals surface area contributed by atoms with Gasteiger partial charge in [-0.3, -0.25) is 14.9 Å². The second-order valence-electron chi connectivity index (χ2n) is 7.64. The van der Waals surface area contributed by atoms with Crippen LogP contribution in [-0.2, 0) is 25.5 Å². The van der Waals surface area contributed by atoms with E-state index in [1.54, 1.807) is 20.8 Å². The second kappa shape index (κ2) is 12.8. The van der Waals surface area contributed by atoms with E-state index >= 15 is 0 Å². The van der Waals surface area contributed by atoms with Gasteiger partial charge in [-0.15, -0.1) is 0 Å². The molecule has 28 heavy (non-hydrogen) atoms. The molecular formula is C21H32ClNO5. The zero-order valence-corrected chi connectivity index (χ0v) is 17.8. The number of benzene rings is 1. The van der Waals surface area contributed by atoms with Crippen molar-refractivity contribution in [3.63, 3.8) is 0 Å². The van der Waals surface area contributed by atoms with E-state index in [1.807, 2.05) is 24.3 Å². The molecule has 0 spiro atoms. The first kappa shape index (κ1) is 24.4. The summed E-state index contributed by atoms with van der Waals surface area (Å²) >= 11 is 5.89. The number of hydrogen-bond acceptors (Lipinski definition) is 6. The molecule has 0 saturated carbocycles. The zero-order chi connectivity index (χ0) is 21.0. The molecule has 1 unspecified atom stereocenters. The first-order valence-electron chi connectivity index (χ1n) is 9.68. The van der Waals surface area contributed by atoms with Gasteiger partial charge in [-0.1, -0.05) is 30.2 Å². The van der Waals surface area contributed by atoms with Crippen molar-refractivity contribution in [3.8, 4) is 0 Å². The lowest BCUT2D eigenvalue weighted by molar-refractivity contribution is -0.154. The molecule has 0 aliphatic heterocycles. The number of ether oxygens (including phenoxy) is 2. The summed E-state index contributed by atoms with van der Waals surface area (Å²) < 4.78 is 10.4. The predicted molar refractivity (Wildman–Crippen MR) is 109 cm³/mol. The number of hydrogen-bond donors (Lipinski definition) is 2. The van der Waals surface area contributed by atoms with Crippen LogP contribution in [0.5, 0.6) is 0 Å². The number of unbranched alkanes of at least 4 members (excludes halogenated alkanes) is 1. The Kier molecular flexibility index (Phi) is 11.1. The standard InChI is InChI=1S/C21H32ClNO5/c1-21(2,3)28-19(25)15-23-18(20(26)27-14-6-13-24)8-5-4-7-16-9-11-17(22)12-10-16/h9-12,18,23-24H,4-8,13-15H2,1-3H3. The fourth-order valence-corrected chi connectivity index (χ4v) is 2.68. The lowest BCUT2D eigenvalue weighted by atomic mass is 10.0. The molecule has 0 amide bonds. The van der Waals surface area contributed by atoms with E-state index in [0.717, 1.165) is 19.3 Å². The van der Waals surface area contributed by atoms with Crippen LogP contribution in [0.2, 0.25) is 5.02 Å². The van der Waals surface area contributed by atoms with Crippen LogP contribution in [0.3, 0.4) is 0 Å². The summed E-state index contributed by atoms with van der Waals surface area (Å²) in [6.45, 7) is 5.44. The molecule has 6 nitrogen and oxygen atoms in total. The molecule has 0 heterocycles. The Hall–Kier alpha value is -1.63. The van der Waals surface area contributed by atoms with E-state index in [0.29, 0.717) is 17.9 Å². The number of carbonyl (C=O) groups excluding carboxylic acids is 2. The third-order valence-corrected chi connectivity index (χ3v) is 4.12. The number of aliphatic hydroxyl groups excluding tert-OH is 1. The van der Waals surface area contributed by atoms with E-state index in [2.05, 4.69) is 5.32 Å². The summed E-state index contributed by atoms with van der Waals surface area (Å²) in [7, 11) is 0. The molecule has 0 saturated heterocycles. The van der Waals surface area contributed by atoms with Crippen LogP contribution in [0.15, 0.2) is 24.3 Å². The molecule has 0 bridgehead atoms. The Morgan fingerprint density at radius 2 is 1.82 bits per heavy atom. The van der Waals surface area contributed by atoms with E-state index in [9.17, 15) is 9.59 Å². The molecular weight excluding hydrogens is 382 g/mol. The van der Waals surface area contributed by atoms with Gasteiger partial charge in [0.1, 0.15) is 11.6 Å². The summed E-state index contributed by atoms with van der Waals surface area (Å²) in [6.07, 6.45) is 3.52. The van der Waals surface area contributed by atoms with Gasteiger partial charge < -0.3 is 14.6 Å². The van der Waals surface area contributed by atoms with Crippen LogP contribution >= 0.6 is 11.6 Å². The highest BCUT2D eigenvalue weighted by molar-refractivity contribution is 6.30. The molecule has 7 heteroatoms. The van der Waals surface area contributed by atoms with Crippen molar-refractivity contribution in [1.29, 1.82) is 0 Å². The molecule has 1 atom stereocenters. The van der Waals surface area contributed by atoms with Gasteiger partial charge >= 0.3 is 11.9 Å². The van der Waals surface area contributed by atoms with Crippen molar-refractivity contribution >= 4 is 23.5 Å². The molecule has 0 fully saturated rings. The number of aryl methyl sites for hydroxylation is 1. The van der Waals surface area contributed by atoms with Crippen molar-refractivity contribution in [3.05, 3.63) is 34.9 Å². The van der Waals surface area contributed by atoms with Crippen LogP contribution in [0.1, 0.15) is 52.0 Å². The summed E-state index contributed by atoms with van der Waals surface area (Å²) in [5.41, 5.74) is 0.613. The minimum Gasteiger partial charge on any atom is -0.464 e. The highest BCUT2D eigenvalue weighted by atomic mass is 35.5. The fraction of sp³-hybridized carbons (Fsp3) is 0.619. The van der Waals surface area contributed by atoms with Crippen molar-refractivity contribution < 1.29 is 24.2 Å². The number of aliphatic hydroxyl groups is 1. The van der Waals surface area contributed by atoms with Crippen molar-refractivity contribution in [2.24, 2.45) is 0 Å². The molecule has 1 aromatic carbocycles. The maximum absolute atomic E-state index is 12.3. The molecule has 1 rings (SSSR count). The van der Waals surface area contributed by atoms with Crippen LogP contribution in [0, 0.1) is 0 Å². The predicted octanol–water partition coefficient (Wildman–Crippen LogP) is 3.28. The zero-order valence-electron chi connectivity index (χ0n) is 17.0. The highest BCUT2D eigenvalue weighted by Crippen LogP contribution is 2.13. The van der Waals surface area contributed by atoms with Gasteiger partial charge in [0, 0.05) is 18.1 Å². The van der Waals surface area contributed by atoms with Crippen LogP contribution in [0.25, 0.3) is 0 Å². The van der Waals surface area contributed by atoms with E-state index in [1.165, 1.54) is 5.56 Å². The number of halogens is 1. The molecule has 158 valence electrons. The van der Waals surface area contributed by atoms with Gasteiger partial charge in [0.25, 0.3) is 0 Å². The van der Waals surface area contributed by atoms with Crippen molar-refractivity contribution in [2.75, 3.05) is 19.8 Å². The van der Waals surface area contributed by atoms with Gasteiger partial charge in [0.2, 0.25) is 0 Å². The smallest absolute Gasteiger partial charge is 0.323 e. The maximum atomic E-state index is 12.3. The van der Waals surface area contributed by atoms with Crippen LogP contribution in [0.4, 0.5) is 0 Å². The molecule has 1 aromatic rings. The Morgan fingerprint density at radius 1 is 1.14 bits per heavy atom. The number of nitrogens with one attached hydrogen (secondary N) is 1. The van der Waals surface area contributed by atoms with Gasteiger partial charge in [0.05, 0.1) is 13.2 Å². The number of rotatable bonds is 12. The second-order valence-corrected chi connectivity index (χ2v) is 8.07. The quantitative estimate of drug-likeness (QED) is 0.404. The van der Waals surface area contributed by atoms with Gasteiger partial charge in [-0.2, -0.15) is 0 Å². The lowest BCUT2D eigenvalue weighted by Crippen LogP contribution is -2.42. The third-order valence-electron chi connectivity index (χ3n) is 3.87. The minimum atomic E-state index is -0.587. The minimum absolute atomic E-state index is 0.0373. The maximum Gasteiger partial charge on any atom is 0.323 e. The number of carbonyl (C=O) groups is 2. The van der Waals surface area contributed by atoms with Crippen molar-refractivity contribution in [1.82, 2.24) is 5.32 Å². The SMILES string of the molecule is CC(C)(C)OC(=O)CNC(CCCCc1ccc(Cl)cc1)C(=O)OCCCO. The Labute approximate surface area is 172 Å². The Balaban J connectivity index is 2.48. The molecule has 0 aliphatic carbocycles. The molecule has 2 N–H and O–H groups in total. The highest BCUT2D eigenvalue weighted by Gasteiger charge is 2.22. The Bertz CT molecular complexity index is 598. The lowest BCUT2D eigenvalue weighted by Gasteiger charge is -2.21. The van der Waals surface area contributed by atoms with Gasteiger partial charge in [0.15, 0.2) is 0 Å². The monoisotopic (exact) mass is 413 g/mol.